The van der Waals surface area contributed by atoms with E-state index in [4.69, 9.17) is 9.72 Å². The van der Waals surface area contributed by atoms with Gasteiger partial charge in [-0.05, 0) is 25.9 Å². The second-order valence-corrected chi connectivity index (χ2v) is 5.90. The molecule has 2 atom stereocenters. The van der Waals surface area contributed by atoms with Gasteiger partial charge in [0, 0.05) is 18.5 Å². The van der Waals surface area contributed by atoms with Crippen LogP contribution >= 0.6 is 11.3 Å². The average molecular weight is 267 g/mol. The van der Waals surface area contributed by atoms with Crippen LogP contribution in [0, 0.1) is 0 Å². The third-order valence-corrected chi connectivity index (χ3v) is 4.79. The van der Waals surface area contributed by atoms with Crippen molar-refractivity contribution in [2.45, 2.75) is 31.9 Å². The summed E-state index contributed by atoms with van der Waals surface area (Å²) in [6.45, 7) is 7.30. The Hall–Kier alpha value is -0.490. The lowest BCUT2D eigenvalue weighted by Gasteiger charge is -2.30. The summed E-state index contributed by atoms with van der Waals surface area (Å²) in [6, 6.07) is 0.473. The minimum atomic E-state index is 0.179. The van der Waals surface area contributed by atoms with Crippen LogP contribution in [0.1, 0.15) is 42.6 Å². The highest BCUT2D eigenvalue weighted by Crippen LogP contribution is 2.29. The van der Waals surface area contributed by atoms with Crippen LogP contribution in [0.25, 0.3) is 0 Å². The highest BCUT2D eigenvalue weighted by Gasteiger charge is 2.25. The number of morpholine rings is 1. The zero-order chi connectivity index (χ0) is 12.4. The fourth-order valence-electron chi connectivity index (χ4n) is 2.68. The number of ether oxygens (including phenoxy) is 1. The zero-order valence-corrected chi connectivity index (χ0v) is 11.7. The monoisotopic (exact) mass is 267 g/mol. The molecule has 2 saturated heterocycles. The second kappa shape index (κ2) is 5.65. The molecule has 1 N–H and O–H groups in total. The first kappa shape index (κ1) is 12.5. The number of rotatable bonds is 3. The van der Waals surface area contributed by atoms with Gasteiger partial charge in [0.15, 0.2) is 0 Å². The van der Waals surface area contributed by atoms with Gasteiger partial charge in [0.25, 0.3) is 0 Å². The molecular weight excluding hydrogens is 246 g/mol. The maximum Gasteiger partial charge on any atom is 0.123 e. The molecule has 100 valence electrons. The van der Waals surface area contributed by atoms with Gasteiger partial charge in [-0.2, -0.15) is 0 Å². The van der Waals surface area contributed by atoms with Crippen molar-refractivity contribution < 1.29 is 4.74 Å². The second-order valence-electron chi connectivity index (χ2n) is 5.01. The predicted molar refractivity (Wildman–Crippen MR) is 72.9 cm³/mol. The molecule has 1 aromatic rings. The van der Waals surface area contributed by atoms with Crippen LogP contribution in [0.5, 0.6) is 0 Å². The fraction of sp³-hybridized carbons (Fsp3) is 0.769. The Kier molecular flexibility index (Phi) is 3.94. The van der Waals surface area contributed by atoms with Crippen LogP contribution in [-0.2, 0) is 4.74 Å². The lowest BCUT2D eigenvalue weighted by atomic mass is 10.2. The molecule has 2 aliphatic rings. The summed E-state index contributed by atoms with van der Waals surface area (Å²) in [5, 5.41) is 6.85. The highest BCUT2D eigenvalue weighted by molar-refractivity contribution is 7.09. The molecule has 0 bridgehead atoms. The molecular formula is C13H21N3OS. The summed E-state index contributed by atoms with van der Waals surface area (Å²) < 4.78 is 5.86. The maximum atomic E-state index is 5.86. The SMILES string of the molecule is CCN1CCOC(c2nc(C3CCCN3)cs2)C1. The summed E-state index contributed by atoms with van der Waals surface area (Å²) in [6.07, 6.45) is 2.66. The number of aromatic nitrogens is 1. The normalized spacial score (nSPS) is 29.8. The van der Waals surface area contributed by atoms with Crippen LogP contribution in [0.3, 0.4) is 0 Å². The van der Waals surface area contributed by atoms with E-state index in [0.717, 1.165) is 37.8 Å². The Bertz CT molecular complexity index is 389. The van der Waals surface area contributed by atoms with Gasteiger partial charge < -0.3 is 10.1 Å². The Labute approximate surface area is 112 Å². The van der Waals surface area contributed by atoms with E-state index >= 15 is 0 Å². The third kappa shape index (κ3) is 2.59. The van der Waals surface area contributed by atoms with Gasteiger partial charge >= 0.3 is 0 Å². The van der Waals surface area contributed by atoms with Crippen LogP contribution in [0.2, 0.25) is 0 Å². The first-order chi connectivity index (χ1) is 8.86. The van der Waals surface area contributed by atoms with Gasteiger partial charge in [-0.15, -0.1) is 11.3 Å². The van der Waals surface area contributed by atoms with E-state index in [-0.39, 0.29) is 6.10 Å². The van der Waals surface area contributed by atoms with Crippen LogP contribution < -0.4 is 5.32 Å². The molecule has 0 amide bonds. The van der Waals surface area contributed by atoms with E-state index in [9.17, 15) is 0 Å². The Morgan fingerprint density at radius 1 is 1.61 bits per heavy atom. The van der Waals surface area contributed by atoms with Gasteiger partial charge in [-0.25, -0.2) is 4.98 Å². The van der Waals surface area contributed by atoms with Crippen molar-refractivity contribution in [1.82, 2.24) is 15.2 Å². The quantitative estimate of drug-likeness (QED) is 0.908. The molecule has 3 heterocycles. The number of thiazole rings is 1. The first-order valence-electron chi connectivity index (χ1n) is 6.89. The summed E-state index contributed by atoms with van der Waals surface area (Å²) in [5.41, 5.74) is 1.21. The van der Waals surface area contributed by atoms with Crippen LogP contribution in [0.15, 0.2) is 5.38 Å². The highest BCUT2D eigenvalue weighted by atomic mass is 32.1. The molecule has 0 spiro atoms. The van der Waals surface area contributed by atoms with Crippen molar-refractivity contribution in [2.75, 3.05) is 32.8 Å². The zero-order valence-electron chi connectivity index (χ0n) is 10.9. The van der Waals surface area contributed by atoms with Gasteiger partial charge in [0.2, 0.25) is 0 Å². The summed E-state index contributed by atoms with van der Waals surface area (Å²) in [7, 11) is 0. The lowest BCUT2D eigenvalue weighted by molar-refractivity contribution is -0.0283. The number of hydrogen-bond acceptors (Lipinski definition) is 5. The topological polar surface area (TPSA) is 37.4 Å². The molecule has 0 aliphatic carbocycles. The van der Waals surface area contributed by atoms with Crippen molar-refractivity contribution in [3.05, 3.63) is 16.1 Å². The number of hydrogen-bond donors (Lipinski definition) is 1. The molecule has 1 aromatic heterocycles. The number of nitrogens with zero attached hydrogens (tertiary/aromatic N) is 2. The molecule has 2 aliphatic heterocycles. The van der Waals surface area contributed by atoms with Crippen molar-refractivity contribution in [3.63, 3.8) is 0 Å². The summed E-state index contributed by atoms with van der Waals surface area (Å²) in [4.78, 5) is 7.22. The Morgan fingerprint density at radius 2 is 2.56 bits per heavy atom. The van der Waals surface area contributed by atoms with E-state index in [1.165, 1.54) is 18.5 Å². The molecule has 0 saturated carbocycles. The largest absolute Gasteiger partial charge is 0.368 e. The fourth-order valence-corrected chi connectivity index (χ4v) is 3.60. The van der Waals surface area contributed by atoms with Crippen molar-refractivity contribution >= 4 is 11.3 Å². The van der Waals surface area contributed by atoms with Crippen molar-refractivity contribution in [2.24, 2.45) is 0 Å². The maximum absolute atomic E-state index is 5.86. The molecule has 4 nitrogen and oxygen atoms in total. The minimum absolute atomic E-state index is 0.179. The van der Waals surface area contributed by atoms with E-state index < -0.39 is 0 Å². The minimum Gasteiger partial charge on any atom is -0.368 e. The van der Waals surface area contributed by atoms with E-state index in [0.29, 0.717) is 6.04 Å². The smallest absolute Gasteiger partial charge is 0.123 e. The van der Waals surface area contributed by atoms with Gasteiger partial charge in [-0.3, -0.25) is 4.90 Å². The molecule has 3 rings (SSSR count). The molecule has 0 radical (unpaired) electrons. The molecule has 18 heavy (non-hydrogen) atoms. The van der Waals surface area contributed by atoms with E-state index in [2.05, 4.69) is 22.5 Å². The Morgan fingerprint density at radius 3 is 3.33 bits per heavy atom. The molecule has 2 fully saturated rings. The number of nitrogens with one attached hydrogen (secondary N) is 1. The van der Waals surface area contributed by atoms with E-state index in [1.807, 2.05) is 0 Å². The summed E-state index contributed by atoms with van der Waals surface area (Å²) in [5.74, 6) is 0. The van der Waals surface area contributed by atoms with Gasteiger partial charge in [-0.1, -0.05) is 6.92 Å². The first-order valence-corrected chi connectivity index (χ1v) is 7.77. The Balaban J connectivity index is 1.68. The van der Waals surface area contributed by atoms with Gasteiger partial charge in [0.05, 0.1) is 18.3 Å². The average Bonchev–Trinajstić information content (AvgIpc) is 3.09. The van der Waals surface area contributed by atoms with Crippen LogP contribution in [-0.4, -0.2) is 42.7 Å². The molecule has 0 aromatic carbocycles. The summed E-state index contributed by atoms with van der Waals surface area (Å²) >= 11 is 1.75. The predicted octanol–water partition coefficient (Wildman–Crippen LogP) is 1.96. The number of likely N-dealkylation sites (N-methyl/N-ethyl adjacent to an activating group) is 1. The molecule has 2 unspecified atom stereocenters. The van der Waals surface area contributed by atoms with Gasteiger partial charge in [0.1, 0.15) is 11.1 Å². The third-order valence-electron chi connectivity index (χ3n) is 3.83. The standard InChI is InChI=1S/C13H21N3OS/c1-2-16-6-7-17-12(8-16)13-15-11(9-18-13)10-4-3-5-14-10/h9-10,12,14H,2-8H2,1H3. The van der Waals surface area contributed by atoms with Crippen molar-refractivity contribution in [1.29, 1.82) is 0 Å². The van der Waals surface area contributed by atoms with E-state index in [1.54, 1.807) is 11.3 Å². The molecule has 5 heteroatoms. The van der Waals surface area contributed by atoms with Crippen molar-refractivity contribution in [3.8, 4) is 0 Å². The lowest BCUT2D eigenvalue weighted by Crippen LogP contribution is -2.38. The van der Waals surface area contributed by atoms with Crippen LogP contribution in [0.4, 0.5) is 0 Å².